The Morgan fingerprint density at radius 1 is 1.04 bits per heavy atom. The molecule has 0 saturated heterocycles. The molecule has 27 heavy (non-hydrogen) atoms. The SMILES string of the molecule is COc1ccc(-c2csc(-c3nnn(-c4ccc(C)c(C)c4)c3N)n2)cc1. The van der Waals surface area contributed by atoms with Gasteiger partial charge in [0.25, 0.3) is 0 Å². The fraction of sp³-hybridized carbons (Fsp3) is 0.150. The number of ether oxygens (including phenoxy) is 1. The highest BCUT2D eigenvalue weighted by Gasteiger charge is 2.17. The Kier molecular flexibility index (Phi) is 4.37. The van der Waals surface area contributed by atoms with Crippen molar-refractivity contribution in [2.45, 2.75) is 13.8 Å². The first-order valence-electron chi connectivity index (χ1n) is 8.46. The summed E-state index contributed by atoms with van der Waals surface area (Å²) in [6.07, 6.45) is 0. The van der Waals surface area contributed by atoms with Crippen LogP contribution in [0.25, 0.3) is 27.6 Å². The van der Waals surface area contributed by atoms with Gasteiger partial charge in [-0.15, -0.1) is 16.4 Å². The van der Waals surface area contributed by atoms with Crippen LogP contribution >= 0.6 is 11.3 Å². The maximum atomic E-state index is 6.33. The van der Waals surface area contributed by atoms with Gasteiger partial charge in [-0.2, -0.15) is 4.68 Å². The summed E-state index contributed by atoms with van der Waals surface area (Å²) >= 11 is 1.50. The second kappa shape index (κ2) is 6.85. The molecule has 2 aromatic carbocycles. The summed E-state index contributed by atoms with van der Waals surface area (Å²) in [6, 6.07) is 13.9. The first-order chi connectivity index (χ1) is 13.1. The molecule has 0 amide bonds. The molecule has 4 aromatic rings. The Morgan fingerprint density at radius 2 is 1.81 bits per heavy atom. The number of nitrogens with two attached hydrogens (primary N) is 1. The fourth-order valence-electron chi connectivity index (χ4n) is 2.77. The van der Waals surface area contributed by atoms with E-state index in [0.717, 1.165) is 27.7 Å². The molecule has 0 aliphatic rings. The first-order valence-corrected chi connectivity index (χ1v) is 9.34. The standard InChI is InChI=1S/C20H19N5OS/c1-12-4-7-15(10-13(12)2)25-19(21)18(23-24-25)20-22-17(11-27-20)14-5-8-16(26-3)9-6-14/h4-11H,21H2,1-3H3. The number of aryl methyl sites for hydroxylation is 2. The number of benzene rings is 2. The van der Waals surface area contributed by atoms with Crippen LogP contribution in [0.3, 0.4) is 0 Å². The smallest absolute Gasteiger partial charge is 0.165 e. The zero-order valence-electron chi connectivity index (χ0n) is 15.3. The highest BCUT2D eigenvalue weighted by Crippen LogP contribution is 2.32. The van der Waals surface area contributed by atoms with E-state index in [1.807, 2.05) is 35.7 Å². The molecule has 7 heteroatoms. The van der Waals surface area contributed by atoms with E-state index in [-0.39, 0.29) is 0 Å². The summed E-state index contributed by atoms with van der Waals surface area (Å²) in [4.78, 5) is 4.69. The third-order valence-electron chi connectivity index (χ3n) is 4.53. The number of hydrogen-bond acceptors (Lipinski definition) is 6. The highest BCUT2D eigenvalue weighted by molar-refractivity contribution is 7.13. The van der Waals surface area contributed by atoms with Crippen molar-refractivity contribution in [1.29, 1.82) is 0 Å². The minimum Gasteiger partial charge on any atom is -0.497 e. The third-order valence-corrected chi connectivity index (χ3v) is 5.38. The van der Waals surface area contributed by atoms with Crippen LogP contribution in [0.15, 0.2) is 47.8 Å². The fourth-order valence-corrected chi connectivity index (χ4v) is 3.59. The summed E-state index contributed by atoms with van der Waals surface area (Å²) < 4.78 is 6.85. The topological polar surface area (TPSA) is 78.9 Å². The molecule has 6 nitrogen and oxygen atoms in total. The third kappa shape index (κ3) is 3.17. The van der Waals surface area contributed by atoms with Gasteiger partial charge >= 0.3 is 0 Å². The molecule has 0 aliphatic carbocycles. The maximum absolute atomic E-state index is 6.33. The molecule has 2 N–H and O–H groups in total. The normalized spacial score (nSPS) is 10.9. The van der Waals surface area contributed by atoms with Gasteiger partial charge in [0.05, 0.1) is 18.5 Å². The lowest BCUT2D eigenvalue weighted by atomic mass is 10.1. The number of aromatic nitrogens is 4. The van der Waals surface area contributed by atoms with Crippen LogP contribution in [0.5, 0.6) is 5.75 Å². The van der Waals surface area contributed by atoms with Gasteiger partial charge in [-0.05, 0) is 61.4 Å². The Balaban J connectivity index is 1.67. The molecule has 0 aliphatic heterocycles. The lowest BCUT2D eigenvalue weighted by Gasteiger charge is -2.06. The monoisotopic (exact) mass is 377 g/mol. The van der Waals surface area contributed by atoms with Crippen molar-refractivity contribution in [2.75, 3.05) is 12.8 Å². The van der Waals surface area contributed by atoms with Crippen molar-refractivity contribution in [1.82, 2.24) is 20.0 Å². The molecule has 2 heterocycles. The number of thiazole rings is 1. The lowest BCUT2D eigenvalue weighted by Crippen LogP contribution is -2.03. The molecular formula is C20H19N5OS. The molecule has 2 aromatic heterocycles. The van der Waals surface area contributed by atoms with Crippen LogP contribution in [0.4, 0.5) is 5.82 Å². The number of methoxy groups -OCH3 is 1. The molecule has 0 fully saturated rings. The van der Waals surface area contributed by atoms with Gasteiger partial charge in [0.2, 0.25) is 0 Å². The van der Waals surface area contributed by atoms with Gasteiger partial charge in [0.1, 0.15) is 10.8 Å². The second-order valence-corrected chi connectivity index (χ2v) is 7.13. The van der Waals surface area contributed by atoms with E-state index in [1.165, 1.54) is 22.5 Å². The van der Waals surface area contributed by atoms with E-state index in [1.54, 1.807) is 11.8 Å². The molecule has 0 radical (unpaired) electrons. The lowest BCUT2D eigenvalue weighted by molar-refractivity contribution is 0.415. The largest absolute Gasteiger partial charge is 0.497 e. The molecule has 136 valence electrons. The molecule has 0 spiro atoms. The van der Waals surface area contributed by atoms with Crippen molar-refractivity contribution in [2.24, 2.45) is 0 Å². The highest BCUT2D eigenvalue weighted by atomic mass is 32.1. The summed E-state index contributed by atoms with van der Waals surface area (Å²) in [6.45, 7) is 4.14. The second-order valence-electron chi connectivity index (χ2n) is 6.27. The van der Waals surface area contributed by atoms with Crippen molar-refractivity contribution in [3.63, 3.8) is 0 Å². The van der Waals surface area contributed by atoms with Gasteiger partial charge < -0.3 is 10.5 Å². The van der Waals surface area contributed by atoms with E-state index >= 15 is 0 Å². The Labute approximate surface area is 161 Å². The number of rotatable bonds is 4. The van der Waals surface area contributed by atoms with Gasteiger partial charge in [-0.25, -0.2) is 4.98 Å². The van der Waals surface area contributed by atoms with Crippen LogP contribution in [-0.2, 0) is 0 Å². The van der Waals surface area contributed by atoms with E-state index < -0.39 is 0 Å². The molecular weight excluding hydrogens is 358 g/mol. The van der Waals surface area contributed by atoms with Crippen molar-refractivity contribution >= 4 is 17.2 Å². The minimum atomic E-state index is 0.480. The zero-order valence-corrected chi connectivity index (χ0v) is 16.1. The van der Waals surface area contributed by atoms with Crippen molar-refractivity contribution in [3.8, 4) is 33.4 Å². The zero-order chi connectivity index (χ0) is 19.0. The first kappa shape index (κ1) is 17.2. The van der Waals surface area contributed by atoms with Crippen LogP contribution in [-0.4, -0.2) is 27.1 Å². The molecule has 0 bridgehead atoms. The van der Waals surface area contributed by atoms with Crippen molar-refractivity contribution < 1.29 is 4.74 Å². The number of nitrogens with zero attached hydrogens (tertiary/aromatic N) is 4. The average molecular weight is 377 g/mol. The molecule has 0 unspecified atom stereocenters. The Morgan fingerprint density at radius 3 is 2.52 bits per heavy atom. The van der Waals surface area contributed by atoms with E-state index in [9.17, 15) is 0 Å². The van der Waals surface area contributed by atoms with E-state index in [4.69, 9.17) is 10.5 Å². The summed E-state index contributed by atoms with van der Waals surface area (Å²) in [7, 11) is 1.65. The average Bonchev–Trinajstić information content (AvgIpc) is 3.31. The number of anilines is 1. The Hall–Kier alpha value is -3.19. The van der Waals surface area contributed by atoms with E-state index in [2.05, 4.69) is 41.3 Å². The predicted octanol–water partition coefficient (Wildman–Crippen LogP) is 4.27. The predicted molar refractivity (Wildman–Crippen MR) is 108 cm³/mol. The molecule has 4 rings (SSSR count). The van der Waals surface area contributed by atoms with Gasteiger partial charge in [-0.3, -0.25) is 0 Å². The maximum Gasteiger partial charge on any atom is 0.165 e. The molecule has 0 saturated carbocycles. The minimum absolute atomic E-state index is 0.480. The van der Waals surface area contributed by atoms with Crippen molar-refractivity contribution in [3.05, 3.63) is 59.0 Å². The van der Waals surface area contributed by atoms with Crippen LogP contribution in [0.2, 0.25) is 0 Å². The van der Waals surface area contributed by atoms with E-state index in [0.29, 0.717) is 11.5 Å². The quantitative estimate of drug-likeness (QED) is 0.575. The number of nitrogen functional groups attached to an aromatic ring is 1. The summed E-state index contributed by atoms with van der Waals surface area (Å²) in [5.41, 5.74) is 12.1. The van der Waals surface area contributed by atoms with Gasteiger partial charge in [0, 0.05) is 10.9 Å². The summed E-state index contributed by atoms with van der Waals surface area (Å²) in [5, 5.41) is 11.2. The van der Waals surface area contributed by atoms with Gasteiger partial charge in [-0.1, -0.05) is 11.3 Å². The number of hydrogen-bond donors (Lipinski definition) is 1. The van der Waals surface area contributed by atoms with Crippen LogP contribution in [0.1, 0.15) is 11.1 Å². The van der Waals surface area contributed by atoms with Crippen LogP contribution < -0.4 is 10.5 Å². The Bertz CT molecular complexity index is 1100. The van der Waals surface area contributed by atoms with Gasteiger partial charge in [0.15, 0.2) is 11.5 Å². The molecule has 0 atom stereocenters. The van der Waals surface area contributed by atoms with Crippen LogP contribution in [0, 0.1) is 13.8 Å². The summed E-state index contributed by atoms with van der Waals surface area (Å²) in [5.74, 6) is 1.30.